The van der Waals surface area contributed by atoms with E-state index in [-0.39, 0.29) is 24.5 Å². The van der Waals surface area contributed by atoms with Crippen LogP contribution in [-0.2, 0) is 19.0 Å². The molecule has 2 rings (SSSR count). The number of epoxide rings is 1. The van der Waals surface area contributed by atoms with Crippen LogP contribution >= 0.6 is 0 Å². The Morgan fingerprint density at radius 1 is 1.62 bits per heavy atom. The molecule has 2 fully saturated rings. The average molecular weight is 184 g/mol. The van der Waals surface area contributed by atoms with Crippen molar-refractivity contribution in [1.29, 1.82) is 0 Å². The van der Waals surface area contributed by atoms with Crippen molar-refractivity contribution in [3.8, 4) is 0 Å². The third kappa shape index (κ3) is 1.73. The van der Waals surface area contributed by atoms with Gasteiger partial charge < -0.3 is 14.2 Å². The van der Waals surface area contributed by atoms with Crippen molar-refractivity contribution in [2.24, 2.45) is 0 Å². The largest absolute Gasteiger partial charge is 0.456 e. The molecule has 0 N–H and O–H groups in total. The lowest BCUT2D eigenvalue weighted by molar-refractivity contribution is -0.147. The van der Waals surface area contributed by atoms with Crippen molar-refractivity contribution < 1.29 is 19.0 Å². The van der Waals surface area contributed by atoms with Crippen molar-refractivity contribution in [2.45, 2.75) is 31.8 Å². The topological polar surface area (TPSA) is 48.1 Å². The van der Waals surface area contributed by atoms with Gasteiger partial charge in [0.25, 0.3) is 0 Å². The molecule has 3 unspecified atom stereocenters. The fourth-order valence-corrected chi connectivity index (χ4v) is 1.34. The Bertz CT molecular complexity index is 248. The number of fused-ring (bicyclic) bond motifs is 1. The van der Waals surface area contributed by atoms with Gasteiger partial charge in [0.2, 0.25) is 0 Å². The van der Waals surface area contributed by atoms with Gasteiger partial charge in [-0.3, -0.25) is 0 Å². The third-order valence-electron chi connectivity index (χ3n) is 2.14. The summed E-state index contributed by atoms with van der Waals surface area (Å²) >= 11 is 0. The number of hydrogen-bond donors (Lipinski definition) is 0. The zero-order valence-electron chi connectivity index (χ0n) is 7.49. The Kier molecular flexibility index (Phi) is 2.09. The highest BCUT2D eigenvalue weighted by Crippen LogP contribution is 2.34. The van der Waals surface area contributed by atoms with Gasteiger partial charge in [-0.15, -0.1) is 0 Å². The second-order valence-electron chi connectivity index (χ2n) is 3.35. The summed E-state index contributed by atoms with van der Waals surface area (Å²) in [6.45, 7) is 5.74. The monoisotopic (exact) mass is 184 g/mol. The fourth-order valence-electron chi connectivity index (χ4n) is 1.34. The molecule has 4 heteroatoms. The predicted octanol–water partition coefficient (Wildman–Crippen LogP) is 0.619. The van der Waals surface area contributed by atoms with Crippen molar-refractivity contribution in [3.05, 3.63) is 12.2 Å². The van der Waals surface area contributed by atoms with Gasteiger partial charge in [-0.2, -0.15) is 0 Å². The van der Waals surface area contributed by atoms with Crippen molar-refractivity contribution in [3.63, 3.8) is 0 Å². The molecule has 0 bridgehead atoms. The van der Waals surface area contributed by atoms with Crippen LogP contribution in [0.4, 0.5) is 0 Å². The lowest BCUT2D eigenvalue weighted by atomic mass is 10.1. The zero-order valence-corrected chi connectivity index (χ0v) is 7.49. The van der Waals surface area contributed by atoms with Gasteiger partial charge >= 0.3 is 5.97 Å². The molecule has 3 atom stereocenters. The lowest BCUT2D eigenvalue weighted by Gasteiger charge is -2.18. The highest BCUT2D eigenvalue weighted by molar-refractivity contribution is 5.87. The molecule has 72 valence electrons. The van der Waals surface area contributed by atoms with E-state index in [1.807, 2.05) is 0 Å². The minimum absolute atomic E-state index is 0.0444. The van der Waals surface area contributed by atoms with E-state index in [4.69, 9.17) is 14.2 Å². The van der Waals surface area contributed by atoms with Crippen LogP contribution in [0.1, 0.15) is 13.3 Å². The summed E-state index contributed by atoms with van der Waals surface area (Å²) in [5.41, 5.74) is 0.420. The molecule has 0 aromatic carbocycles. The van der Waals surface area contributed by atoms with E-state index in [0.29, 0.717) is 18.6 Å². The maximum atomic E-state index is 11.2. The van der Waals surface area contributed by atoms with Crippen molar-refractivity contribution in [1.82, 2.24) is 0 Å². The van der Waals surface area contributed by atoms with Gasteiger partial charge in [-0.25, -0.2) is 4.79 Å². The highest BCUT2D eigenvalue weighted by atomic mass is 16.8. The van der Waals surface area contributed by atoms with Crippen LogP contribution in [0.3, 0.4) is 0 Å². The molecule has 0 radical (unpaired) electrons. The molecular formula is C9H12O4. The van der Waals surface area contributed by atoms with Crippen LogP contribution in [-0.4, -0.2) is 31.1 Å². The maximum Gasteiger partial charge on any atom is 0.333 e. The Labute approximate surface area is 76.5 Å². The summed E-state index contributed by atoms with van der Waals surface area (Å²) in [7, 11) is 0. The molecule has 2 saturated heterocycles. The second-order valence-corrected chi connectivity index (χ2v) is 3.35. The van der Waals surface area contributed by atoms with E-state index in [9.17, 15) is 4.79 Å². The van der Waals surface area contributed by atoms with Crippen LogP contribution in [0.25, 0.3) is 0 Å². The molecule has 0 amide bonds. The molecule has 0 aliphatic carbocycles. The predicted molar refractivity (Wildman–Crippen MR) is 43.9 cm³/mol. The van der Waals surface area contributed by atoms with Crippen LogP contribution in [0.15, 0.2) is 12.2 Å². The van der Waals surface area contributed by atoms with Crippen LogP contribution < -0.4 is 0 Å². The molecule has 0 saturated carbocycles. The van der Waals surface area contributed by atoms with E-state index >= 15 is 0 Å². The number of rotatable bonds is 2. The quantitative estimate of drug-likeness (QED) is 0.358. The van der Waals surface area contributed by atoms with Crippen molar-refractivity contribution in [2.75, 3.05) is 6.61 Å². The lowest BCUT2D eigenvalue weighted by Crippen LogP contribution is -2.31. The van der Waals surface area contributed by atoms with Crippen molar-refractivity contribution >= 4 is 5.97 Å². The van der Waals surface area contributed by atoms with Gasteiger partial charge in [0.15, 0.2) is 6.29 Å². The van der Waals surface area contributed by atoms with E-state index < -0.39 is 0 Å². The molecule has 2 heterocycles. The summed E-state index contributed by atoms with van der Waals surface area (Å²) < 4.78 is 15.5. The SMILES string of the molecule is C=C(C)C(=O)OC1CCOC2OC12. The number of carbonyl (C=O) groups excluding carboxylic acids is 1. The molecular weight excluding hydrogens is 172 g/mol. The maximum absolute atomic E-state index is 11.2. The van der Waals surface area contributed by atoms with Crippen LogP contribution in [0.2, 0.25) is 0 Å². The number of esters is 1. The number of carbonyl (C=O) groups is 1. The Balaban J connectivity index is 1.87. The van der Waals surface area contributed by atoms with Gasteiger partial charge in [-0.05, 0) is 6.92 Å². The summed E-state index contributed by atoms with van der Waals surface area (Å²) in [5.74, 6) is -0.346. The Morgan fingerprint density at radius 3 is 3.08 bits per heavy atom. The zero-order chi connectivity index (χ0) is 9.42. The molecule has 13 heavy (non-hydrogen) atoms. The van der Waals surface area contributed by atoms with E-state index in [0.717, 1.165) is 0 Å². The minimum Gasteiger partial charge on any atom is -0.456 e. The summed E-state index contributed by atoms with van der Waals surface area (Å²) in [5, 5.41) is 0. The molecule has 0 aromatic heterocycles. The normalized spacial score (nSPS) is 36.2. The number of ether oxygens (including phenoxy) is 3. The average Bonchev–Trinajstić information content (AvgIpc) is 2.83. The highest BCUT2D eigenvalue weighted by Gasteiger charge is 2.51. The summed E-state index contributed by atoms with van der Waals surface area (Å²) in [4.78, 5) is 11.2. The second kappa shape index (κ2) is 3.12. The first-order chi connectivity index (χ1) is 6.18. The van der Waals surface area contributed by atoms with Crippen LogP contribution in [0.5, 0.6) is 0 Å². The number of hydrogen-bond acceptors (Lipinski definition) is 4. The first kappa shape index (κ1) is 8.72. The molecule has 0 spiro atoms. The van der Waals surface area contributed by atoms with Crippen LogP contribution in [0, 0.1) is 0 Å². The summed E-state index contributed by atoms with van der Waals surface area (Å²) in [6, 6.07) is 0. The summed E-state index contributed by atoms with van der Waals surface area (Å²) in [6.07, 6.45) is 0.372. The Hall–Kier alpha value is -0.870. The standard InChI is InChI=1S/C9H12O4/c1-5(2)8(10)12-6-3-4-11-9-7(6)13-9/h6-7,9H,1,3-4H2,2H3. The smallest absolute Gasteiger partial charge is 0.333 e. The molecule has 2 aliphatic heterocycles. The molecule has 2 aliphatic rings. The van der Waals surface area contributed by atoms with Gasteiger partial charge in [-0.1, -0.05) is 6.58 Å². The van der Waals surface area contributed by atoms with Gasteiger partial charge in [0.1, 0.15) is 12.2 Å². The molecule has 4 nitrogen and oxygen atoms in total. The third-order valence-corrected chi connectivity index (χ3v) is 2.14. The first-order valence-corrected chi connectivity index (χ1v) is 4.32. The van der Waals surface area contributed by atoms with Gasteiger partial charge in [0, 0.05) is 12.0 Å². The first-order valence-electron chi connectivity index (χ1n) is 4.32. The van der Waals surface area contributed by atoms with E-state index in [1.54, 1.807) is 6.92 Å². The van der Waals surface area contributed by atoms with E-state index in [2.05, 4.69) is 6.58 Å². The fraction of sp³-hybridized carbons (Fsp3) is 0.667. The van der Waals surface area contributed by atoms with E-state index in [1.165, 1.54) is 0 Å². The molecule has 0 aromatic rings. The minimum atomic E-state index is -0.346. The Morgan fingerprint density at radius 2 is 2.38 bits per heavy atom. The van der Waals surface area contributed by atoms with Gasteiger partial charge in [0.05, 0.1) is 6.61 Å².